The van der Waals surface area contributed by atoms with E-state index in [9.17, 15) is 5.11 Å². The lowest BCUT2D eigenvalue weighted by molar-refractivity contribution is 0.0768. The van der Waals surface area contributed by atoms with E-state index >= 15 is 0 Å². The van der Waals surface area contributed by atoms with Crippen molar-refractivity contribution in [1.82, 2.24) is 9.47 Å². The summed E-state index contributed by atoms with van der Waals surface area (Å²) in [6.07, 6.45) is 0.0910. The summed E-state index contributed by atoms with van der Waals surface area (Å²) in [5.74, 6) is 0.798. The zero-order valence-electron chi connectivity index (χ0n) is 19.8. The van der Waals surface area contributed by atoms with Crippen molar-refractivity contribution in [2.24, 2.45) is 0 Å². The maximum absolute atomic E-state index is 11.1. The third kappa shape index (κ3) is 5.96. The minimum absolute atomic E-state index is 0.128. The molecule has 2 N–H and O–H groups in total. The zero-order chi connectivity index (χ0) is 23.8. The van der Waals surface area contributed by atoms with Crippen molar-refractivity contribution in [3.63, 3.8) is 0 Å². The van der Waals surface area contributed by atoms with Gasteiger partial charge in [-0.2, -0.15) is 0 Å². The van der Waals surface area contributed by atoms with E-state index in [1.54, 1.807) is 7.11 Å². The Morgan fingerprint density at radius 2 is 1.53 bits per heavy atom. The van der Waals surface area contributed by atoms with Gasteiger partial charge in [0.1, 0.15) is 5.75 Å². The van der Waals surface area contributed by atoms with Crippen LogP contribution in [0.1, 0.15) is 12.0 Å². The quantitative estimate of drug-likeness (QED) is 0.293. The Morgan fingerprint density at radius 1 is 0.882 bits per heavy atom. The maximum atomic E-state index is 11.1. The number of fused-ring (bicyclic) bond motifs is 3. The summed E-state index contributed by atoms with van der Waals surface area (Å²) >= 11 is 0. The van der Waals surface area contributed by atoms with Crippen LogP contribution in [0.15, 0.2) is 72.8 Å². The number of benzene rings is 3. The predicted octanol–water partition coefficient (Wildman–Crippen LogP) is 4.07. The number of methoxy groups -OCH3 is 1. The van der Waals surface area contributed by atoms with E-state index in [0.29, 0.717) is 39.3 Å². The molecule has 0 radical (unpaired) electrons. The Labute approximate surface area is 200 Å². The second-order valence-corrected chi connectivity index (χ2v) is 8.60. The molecule has 0 unspecified atom stereocenters. The van der Waals surface area contributed by atoms with Crippen molar-refractivity contribution in [1.29, 1.82) is 0 Å². The molecule has 0 amide bonds. The molecule has 0 aliphatic rings. The molecule has 0 saturated carbocycles. The fraction of sp³-hybridized carbons (Fsp3) is 0.357. The van der Waals surface area contributed by atoms with Crippen LogP contribution in [-0.4, -0.2) is 65.8 Å². The lowest BCUT2D eigenvalue weighted by Crippen LogP contribution is -2.36. The monoisotopic (exact) mass is 462 g/mol. The van der Waals surface area contributed by atoms with Crippen molar-refractivity contribution in [2.75, 3.05) is 40.0 Å². The van der Waals surface area contributed by atoms with Gasteiger partial charge >= 0.3 is 0 Å². The van der Waals surface area contributed by atoms with E-state index in [0.717, 1.165) is 28.9 Å². The summed E-state index contributed by atoms with van der Waals surface area (Å²) in [6.45, 7) is 3.74. The third-order valence-corrected chi connectivity index (χ3v) is 6.05. The van der Waals surface area contributed by atoms with Crippen LogP contribution in [0.25, 0.3) is 21.8 Å². The van der Waals surface area contributed by atoms with Crippen LogP contribution >= 0.6 is 0 Å². The minimum Gasteiger partial charge on any atom is -0.494 e. The van der Waals surface area contributed by atoms with Crippen molar-refractivity contribution in [3.05, 3.63) is 78.4 Å². The largest absolute Gasteiger partial charge is 0.494 e. The average Bonchev–Trinajstić information content (AvgIpc) is 3.17. The number of aliphatic hydroxyl groups excluding tert-OH is 2. The van der Waals surface area contributed by atoms with Gasteiger partial charge < -0.3 is 24.3 Å². The fourth-order valence-electron chi connectivity index (χ4n) is 4.43. The normalized spacial score (nSPS) is 12.6. The average molecular weight is 463 g/mol. The lowest BCUT2D eigenvalue weighted by atomic mass is 10.2. The molecule has 1 aromatic heterocycles. The molecule has 0 fully saturated rings. The Morgan fingerprint density at radius 3 is 2.15 bits per heavy atom. The van der Waals surface area contributed by atoms with Crippen molar-refractivity contribution in [2.45, 2.75) is 25.6 Å². The molecular weight excluding hydrogens is 428 g/mol. The number of para-hydroxylation sites is 2. The molecule has 4 rings (SSSR count). The number of ether oxygens (including phenoxy) is 2. The number of nitrogens with zero attached hydrogens (tertiary/aromatic N) is 2. The van der Waals surface area contributed by atoms with Gasteiger partial charge in [0.2, 0.25) is 0 Å². The number of rotatable bonds is 13. The van der Waals surface area contributed by atoms with Gasteiger partial charge in [0.05, 0.1) is 25.9 Å². The molecule has 0 aliphatic carbocycles. The van der Waals surface area contributed by atoms with Crippen LogP contribution in [-0.2, 0) is 17.8 Å². The molecule has 4 aromatic rings. The summed E-state index contributed by atoms with van der Waals surface area (Å²) in [5, 5.41) is 22.4. The molecule has 6 heteroatoms. The highest BCUT2D eigenvalue weighted by Crippen LogP contribution is 2.29. The Bertz CT molecular complexity index is 1120. The van der Waals surface area contributed by atoms with Gasteiger partial charge in [-0.15, -0.1) is 0 Å². The second-order valence-electron chi connectivity index (χ2n) is 8.60. The molecule has 0 aliphatic heterocycles. The molecule has 1 atom stereocenters. The number of aliphatic hydroxyl groups is 2. The van der Waals surface area contributed by atoms with Crippen LogP contribution in [0.5, 0.6) is 5.75 Å². The first-order valence-electron chi connectivity index (χ1n) is 11.9. The van der Waals surface area contributed by atoms with Crippen molar-refractivity contribution >= 4 is 21.8 Å². The molecule has 0 saturated heterocycles. The van der Waals surface area contributed by atoms with Crippen LogP contribution in [0, 0.1) is 0 Å². The molecule has 6 nitrogen and oxygen atoms in total. The van der Waals surface area contributed by atoms with Crippen LogP contribution in [0.4, 0.5) is 0 Å². The zero-order valence-corrected chi connectivity index (χ0v) is 19.8. The molecule has 0 bridgehead atoms. The first-order valence-corrected chi connectivity index (χ1v) is 11.9. The van der Waals surface area contributed by atoms with Gasteiger partial charge in [-0.3, -0.25) is 4.90 Å². The van der Waals surface area contributed by atoms with Crippen LogP contribution in [0.2, 0.25) is 0 Å². The van der Waals surface area contributed by atoms with E-state index in [1.807, 2.05) is 36.4 Å². The molecule has 34 heavy (non-hydrogen) atoms. The Hall–Kier alpha value is -2.90. The van der Waals surface area contributed by atoms with E-state index in [1.165, 1.54) is 10.8 Å². The Balaban J connectivity index is 1.45. The van der Waals surface area contributed by atoms with Crippen LogP contribution in [0.3, 0.4) is 0 Å². The first kappa shape index (κ1) is 24.2. The number of aromatic nitrogens is 1. The lowest BCUT2D eigenvalue weighted by Gasteiger charge is -2.25. The van der Waals surface area contributed by atoms with Gasteiger partial charge in [0.25, 0.3) is 0 Å². The van der Waals surface area contributed by atoms with Gasteiger partial charge in [0, 0.05) is 61.6 Å². The maximum Gasteiger partial charge on any atom is 0.119 e. The predicted molar refractivity (Wildman–Crippen MR) is 136 cm³/mol. The summed E-state index contributed by atoms with van der Waals surface area (Å²) < 4.78 is 13.2. The molecule has 3 aromatic carbocycles. The highest BCUT2D eigenvalue weighted by Gasteiger charge is 2.16. The second kappa shape index (κ2) is 12.0. The Kier molecular flexibility index (Phi) is 8.55. The third-order valence-electron chi connectivity index (χ3n) is 6.05. The molecule has 0 spiro atoms. The number of hydrogen-bond acceptors (Lipinski definition) is 5. The summed E-state index contributed by atoms with van der Waals surface area (Å²) in [5.41, 5.74) is 3.43. The molecular formula is C28H34N2O4. The van der Waals surface area contributed by atoms with Crippen molar-refractivity contribution < 1.29 is 19.7 Å². The topological polar surface area (TPSA) is 67.1 Å². The minimum atomic E-state index is -0.530. The van der Waals surface area contributed by atoms with E-state index < -0.39 is 6.10 Å². The van der Waals surface area contributed by atoms with Gasteiger partial charge in [-0.25, -0.2) is 0 Å². The van der Waals surface area contributed by atoms with Gasteiger partial charge in [-0.1, -0.05) is 48.5 Å². The highest BCUT2D eigenvalue weighted by atomic mass is 16.5. The van der Waals surface area contributed by atoms with Crippen molar-refractivity contribution in [3.8, 4) is 5.75 Å². The summed E-state index contributed by atoms with van der Waals surface area (Å²) in [6, 6.07) is 24.7. The smallest absolute Gasteiger partial charge is 0.119 e. The molecule has 180 valence electrons. The SMILES string of the molecule is COCCN(Cc1ccc(OCCCO)cc1)C[C@@H](O)Cn1c2ccccc2c2ccccc21. The highest BCUT2D eigenvalue weighted by molar-refractivity contribution is 6.07. The fourth-order valence-corrected chi connectivity index (χ4v) is 4.43. The summed E-state index contributed by atoms with van der Waals surface area (Å²) in [4.78, 5) is 2.23. The standard InChI is InChI=1S/C28H34N2O4/c1-33-18-15-29(19-22-11-13-24(14-12-22)34-17-6-16-31)20-23(32)21-30-27-9-4-2-7-25(27)26-8-3-5-10-28(26)30/h2-5,7-14,23,31-32H,6,15-21H2,1H3/t23-/m1/s1. The van der Waals surface area contributed by atoms with Gasteiger partial charge in [-0.05, 0) is 29.8 Å². The first-order chi connectivity index (χ1) is 16.7. The van der Waals surface area contributed by atoms with E-state index in [2.05, 4.69) is 45.9 Å². The van der Waals surface area contributed by atoms with E-state index in [-0.39, 0.29) is 6.61 Å². The van der Waals surface area contributed by atoms with Gasteiger partial charge in [0.15, 0.2) is 0 Å². The van der Waals surface area contributed by atoms with E-state index in [4.69, 9.17) is 14.6 Å². The number of hydrogen-bond donors (Lipinski definition) is 2. The van der Waals surface area contributed by atoms with Crippen LogP contribution < -0.4 is 4.74 Å². The molecule has 1 heterocycles. The summed E-state index contributed by atoms with van der Waals surface area (Å²) in [7, 11) is 1.70.